The molecule has 1 atom stereocenters. The highest BCUT2D eigenvalue weighted by Gasteiger charge is 2.34. The summed E-state index contributed by atoms with van der Waals surface area (Å²) >= 11 is 0. The van der Waals surface area contributed by atoms with E-state index in [4.69, 9.17) is 0 Å². The Kier molecular flexibility index (Phi) is 4.83. The van der Waals surface area contributed by atoms with Gasteiger partial charge in [-0.2, -0.15) is 0 Å². The van der Waals surface area contributed by atoms with Gasteiger partial charge in [0.2, 0.25) is 11.8 Å². The molecule has 0 bridgehead atoms. The highest BCUT2D eigenvalue weighted by atomic mass is 16.2. The van der Waals surface area contributed by atoms with Gasteiger partial charge >= 0.3 is 0 Å². The van der Waals surface area contributed by atoms with E-state index < -0.39 is 0 Å². The molecular formula is C26H24N2O2. The van der Waals surface area contributed by atoms with Crippen LogP contribution >= 0.6 is 0 Å². The van der Waals surface area contributed by atoms with Crippen LogP contribution in [0.25, 0.3) is 11.1 Å². The maximum Gasteiger partial charge on any atom is 0.229 e. The summed E-state index contributed by atoms with van der Waals surface area (Å²) in [4.78, 5) is 27.0. The molecule has 0 spiro atoms. The summed E-state index contributed by atoms with van der Waals surface area (Å²) in [5.74, 6) is -0.296. The van der Waals surface area contributed by atoms with Gasteiger partial charge in [-0.05, 0) is 52.8 Å². The first-order valence-electron chi connectivity index (χ1n) is 10.5. The van der Waals surface area contributed by atoms with Gasteiger partial charge in [0.15, 0.2) is 0 Å². The average Bonchev–Trinajstić information content (AvgIpc) is 3.32. The molecule has 1 aliphatic heterocycles. The first-order chi connectivity index (χ1) is 14.7. The molecule has 30 heavy (non-hydrogen) atoms. The minimum atomic E-state index is -0.293. The minimum absolute atomic E-state index is 0.0653. The van der Waals surface area contributed by atoms with Crippen molar-refractivity contribution in [1.29, 1.82) is 0 Å². The number of rotatable bonds is 5. The predicted octanol–water partition coefficient (Wildman–Crippen LogP) is 4.29. The standard InChI is InChI=1S/C26H24N2O2/c29-25-16-21(17-28(25)13-12-18-6-2-1-3-7-18)26(30)27-22-10-11-24-20(15-22)14-19-8-4-5-9-23(19)24/h1-11,15,21H,12-14,16-17H2,(H,27,30). The van der Waals surface area contributed by atoms with Crippen molar-refractivity contribution in [2.24, 2.45) is 5.92 Å². The number of nitrogens with zero attached hydrogens (tertiary/aromatic N) is 1. The maximum atomic E-state index is 12.8. The largest absolute Gasteiger partial charge is 0.342 e. The number of hydrogen-bond donors (Lipinski definition) is 1. The monoisotopic (exact) mass is 396 g/mol. The van der Waals surface area contributed by atoms with Gasteiger partial charge in [-0.3, -0.25) is 9.59 Å². The summed E-state index contributed by atoms with van der Waals surface area (Å²) in [6.07, 6.45) is 1.99. The van der Waals surface area contributed by atoms with Gasteiger partial charge in [0, 0.05) is 25.2 Å². The van der Waals surface area contributed by atoms with Crippen molar-refractivity contribution < 1.29 is 9.59 Å². The molecule has 150 valence electrons. The fourth-order valence-corrected chi connectivity index (χ4v) is 4.54. The summed E-state index contributed by atoms with van der Waals surface area (Å²) in [5, 5.41) is 3.04. The van der Waals surface area contributed by atoms with Crippen molar-refractivity contribution in [1.82, 2.24) is 4.90 Å². The van der Waals surface area contributed by atoms with Crippen LogP contribution in [0.5, 0.6) is 0 Å². The van der Waals surface area contributed by atoms with E-state index in [1.807, 2.05) is 29.2 Å². The summed E-state index contributed by atoms with van der Waals surface area (Å²) in [7, 11) is 0. The third kappa shape index (κ3) is 3.61. The Labute approximate surface area is 176 Å². The summed E-state index contributed by atoms with van der Waals surface area (Å²) in [6.45, 7) is 1.15. The second-order valence-electron chi connectivity index (χ2n) is 8.17. The Bertz CT molecular complexity index is 1110. The molecule has 4 heteroatoms. The zero-order chi connectivity index (χ0) is 20.5. The van der Waals surface area contributed by atoms with E-state index in [-0.39, 0.29) is 24.2 Å². The van der Waals surface area contributed by atoms with E-state index >= 15 is 0 Å². The lowest BCUT2D eigenvalue weighted by Gasteiger charge is -2.16. The van der Waals surface area contributed by atoms with Crippen LogP contribution < -0.4 is 5.32 Å². The van der Waals surface area contributed by atoms with E-state index in [1.54, 1.807) is 0 Å². The molecule has 4 nitrogen and oxygen atoms in total. The van der Waals surface area contributed by atoms with Crippen molar-refractivity contribution in [3.05, 3.63) is 89.5 Å². The van der Waals surface area contributed by atoms with Crippen LogP contribution in [-0.2, 0) is 22.4 Å². The minimum Gasteiger partial charge on any atom is -0.342 e. The molecule has 2 aliphatic rings. The lowest BCUT2D eigenvalue weighted by atomic mass is 10.0. The first-order valence-corrected chi connectivity index (χ1v) is 10.5. The lowest BCUT2D eigenvalue weighted by molar-refractivity contribution is -0.128. The Morgan fingerprint density at radius 2 is 1.70 bits per heavy atom. The van der Waals surface area contributed by atoms with Crippen LogP contribution in [-0.4, -0.2) is 29.8 Å². The summed E-state index contributed by atoms with van der Waals surface area (Å²) in [6, 6.07) is 24.7. The van der Waals surface area contributed by atoms with E-state index in [0.717, 1.165) is 18.5 Å². The molecule has 1 unspecified atom stereocenters. The molecule has 3 aromatic carbocycles. The quantitative estimate of drug-likeness (QED) is 0.547. The Balaban J connectivity index is 1.21. The summed E-state index contributed by atoms with van der Waals surface area (Å²) < 4.78 is 0. The number of amides is 2. The SMILES string of the molecule is O=C(Nc1ccc2c(c1)Cc1ccccc1-2)C1CC(=O)N(CCc2ccccc2)C1. The van der Waals surface area contributed by atoms with Gasteiger partial charge in [0.05, 0.1) is 5.92 Å². The topological polar surface area (TPSA) is 49.4 Å². The highest BCUT2D eigenvalue weighted by Crippen LogP contribution is 2.37. The number of nitrogens with one attached hydrogen (secondary N) is 1. The number of anilines is 1. The van der Waals surface area contributed by atoms with Crippen LogP contribution in [0.4, 0.5) is 5.69 Å². The lowest BCUT2D eigenvalue weighted by Crippen LogP contribution is -2.30. The number of likely N-dealkylation sites (tertiary alicyclic amines) is 1. The molecule has 1 heterocycles. The second kappa shape index (κ2) is 7.79. The van der Waals surface area contributed by atoms with E-state index in [9.17, 15) is 9.59 Å². The van der Waals surface area contributed by atoms with Gasteiger partial charge in [-0.1, -0.05) is 60.7 Å². The molecular weight excluding hydrogens is 372 g/mol. The van der Waals surface area contributed by atoms with Crippen LogP contribution in [0, 0.1) is 5.92 Å². The molecule has 5 rings (SSSR count). The van der Waals surface area contributed by atoms with Crippen LogP contribution in [0.15, 0.2) is 72.8 Å². The van der Waals surface area contributed by atoms with Crippen molar-refractivity contribution >= 4 is 17.5 Å². The first kappa shape index (κ1) is 18.6. The third-order valence-corrected chi connectivity index (χ3v) is 6.16. The van der Waals surface area contributed by atoms with Gasteiger partial charge in [-0.25, -0.2) is 0 Å². The maximum absolute atomic E-state index is 12.8. The Morgan fingerprint density at radius 1 is 0.933 bits per heavy atom. The van der Waals surface area contributed by atoms with E-state index in [0.29, 0.717) is 13.1 Å². The van der Waals surface area contributed by atoms with Crippen molar-refractivity contribution in [2.45, 2.75) is 19.3 Å². The number of benzene rings is 3. The Morgan fingerprint density at radius 3 is 2.57 bits per heavy atom. The molecule has 0 aromatic heterocycles. The molecule has 0 saturated carbocycles. The van der Waals surface area contributed by atoms with Crippen LogP contribution in [0.1, 0.15) is 23.1 Å². The van der Waals surface area contributed by atoms with Crippen LogP contribution in [0.3, 0.4) is 0 Å². The normalized spacial score (nSPS) is 17.0. The number of carbonyl (C=O) groups excluding carboxylic acids is 2. The zero-order valence-electron chi connectivity index (χ0n) is 16.8. The van der Waals surface area contributed by atoms with Gasteiger partial charge < -0.3 is 10.2 Å². The fourth-order valence-electron chi connectivity index (χ4n) is 4.54. The van der Waals surface area contributed by atoms with Crippen LogP contribution in [0.2, 0.25) is 0 Å². The summed E-state index contributed by atoms with van der Waals surface area (Å²) in [5.41, 5.74) is 7.10. The van der Waals surface area contributed by atoms with Crippen molar-refractivity contribution in [3.63, 3.8) is 0 Å². The molecule has 3 aromatic rings. The smallest absolute Gasteiger partial charge is 0.229 e. The zero-order valence-corrected chi connectivity index (χ0v) is 16.8. The predicted molar refractivity (Wildman–Crippen MR) is 118 cm³/mol. The average molecular weight is 396 g/mol. The third-order valence-electron chi connectivity index (χ3n) is 6.16. The van der Waals surface area contributed by atoms with Gasteiger partial charge in [0.25, 0.3) is 0 Å². The highest BCUT2D eigenvalue weighted by molar-refractivity contribution is 5.97. The molecule has 1 fully saturated rings. The van der Waals surface area contributed by atoms with Crippen molar-refractivity contribution in [3.8, 4) is 11.1 Å². The van der Waals surface area contributed by atoms with E-state index in [2.05, 4.69) is 53.8 Å². The molecule has 2 amide bonds. The molecule has 1 aliphatic carbocycles. The molecule has 0 radical (unpaired) electrons. The second-order valence-corrected chi connectivity index (χ2v) is 8.17. The number of carbonyl (C=O) groups is 2. The Hall–Kier alpha value is -3.40. The van der Waals surface area contributed by atoms with Crippen molar-refractivity contribution in [2.75, 3.05) is 18.4 Å². The molecule has 1 saturated heterocycles. The van der Waals surface area contributed by atoms with Gasteiger partial charge in [0.1, 0.15) is 0 Å². The van der Waals surface area contributed by atoms with E-state index in [1.165, 1.54) is 27.8 Å². The fraction of sp³-hybridized carbons (Fsp3) is 0.231. The number of fused-ring (bicyclic) bond motifs is 3. The van der Waals surface area contributed by atoms with Gasteiger partial charge in [-0.15, -0.1) is 0 Å². The number of hydrogen-bond acceptors (Lipinski definition) is 2. The molecule has 1 N–H and O–H groups in total.